The van der Waals surface area contributed by atoms with E-state index in [1.165, 1.54) is 7.11 Å². The molecule has 1 rings (SSSR count). The molecule has 11 heavy (non-hydrogen) atoms. The van der Waals surface area contributed by atoms with E-state index >= 15 is 0 Å². The van der Waals surface area contributed by atoms with Crippen LogP contribution in [0.4, 0.5) is 0 Å². The quantitative estimate of drug-likeness (QED) is 0.454. The lowest BCUT2D eigenvalue weighted by molar-refractivity contribution is -0.137. The van der Waals surface area contributed by atoms with Crippen molar-refractivity contribution in [2.24, 2.45) is 0 Å². The number of hydrogen-bond acceptors (Lipinski definition) is 5. The number of esters is 1. The lowest BCUT2D eigenvalue weighted by Crippen LogP contribution is -2.07. The van der Waals surface area contributed by atoms with E-state index in [2.05, 4.69) is 4.74 Å². The summed E-state index contributed by atoms with van der Waals surface area (Å²) in [5, 5.41) is 0. The van der Waals surface area contributed by atoms with Gasteiger partial charge >= 0.3 is 13.6 Å². The third-order valence-electron chi connectivity index (χ3n) is 1.21. The number of ether oxygens (including phenoxy) is 1. The smallest absolute Gasteiger partial charge is 0.341 e. The molecule has 1 heterocycles. The van der Waals surface area contributed by atoms with Crippen LogP contribution < -0.4 is 0 Å². The standard InChI is InChI=1S/C5H9O5P/c1-8-5(6)4-11(7)9-2-3-10-11/h2-4H2,1H3. The number of methoxy groups -OCH3 is 1. The van der Waals surface area contributed by atoms with Gasteiger partial charge in [0, 0.05) is 0 Å². The van der Waals surface area contributed by atoms with Crippen molar-refractivity contribution in [2.45, 2.75) is 0 Å². The molecule has 6 heteroatoms. The van der Waals surface area contributed by atoms with Gasteiger partial charge in [-0.3, -0.25) is 9.36 Å². The van der Waals surface area contributed by atoms with Gasteiger partial charge in [-0.1, -0.05) is 0 Å². The van der Waals surface area contributed by atoms with Crippen molar-refractivity contribution in [3.8, 4) is 0 Å². The molecule has 0 amide bonds. The van der Waals surface area contributed by atoms with E-state index in [0.29, 0.717) is 0 Å². The molecular weight excluding hydrogens is 171 g/mol. The van der Waals surface area contributed by atoms with E-state index in [1.807, 2.05) is 0 Å². The first kappa shape index (κ1) is 8.71. The molecule has 5 nitrogen and oxygen atoms in total. The third-order valence-corrected chi connectivity index (χ3v) is 3.01. The van der Waals surface area contributed by atoms with Gasteiger partial charge in [0.25, 0.3) is 0 Å². The van der Waals surface area contributed by atoms with E-state index in [4.69, 9.17) is 9.05 Å². The molecule has 0 aromatic rings. The topological polar surface area (TPSA) is 61.8 Å². The average Bonchev–Trinajstić information content (AvgIpc) is 2.36. The molecule has 0 radical (unpaired) electrons. The van der Waals surface area contributed by atoms with E-state index in [-0.39, 0.29) is 19.4 Å². The lowest BCUT2D eigenvalue weighted by Gasteiger charge is -2.06. The van der Waals surface area contributed by atoms with Gasteiger partial charge in [-0.25, -0.2) is 0 Å². The van der Waals surface area contributed by atoms with Gasteiger partial charge in [0.05, 0.1) is 20.3 Å². The monoisotopic (exact) mass is 180 g/mol. The molecule has 0 unspecified atom stereocenters. The normalized spacial score (nSPS) is 21.5. The van der Waals surface area contributed by atoms with Crippen LogP contribution in [0.2, 0.25) is 0 Å². The van der Waals surface area contributed by atoms with Gasteiger partial charge in [-0.2, -0.15) is 0 Å². The zero-order valence-corrected chi connectivity index (χ0v) is 7.00. The highest BCUT2D eigenvalue weighted by Gasteiger charge is 2.33. The molecular formula is C5H9O5P. The summed E-state index contributed by atoms with van der Waals surface area (Å²) in [7, 11) is -1.89. The second-order valence-corrected chi connectivity index (χ2v) is 4.07. The van der Waals surface area contributed by atoms with Crippen molar-refractivity contribution >= 4 is 13.6 Å². The van der Waals surface area contributed by atoms with E-state index in [9.17, 15) is 9.36 Å². The number of hydrogen-bond donors (Lipinski definition) is 0. The molecule has 0 N–H and O–H groups in total. The highest BCUT2D eigenvalue weighted by Crippen LogP contribution is 2.51. The van der Waals surface area contributed by atoms with E-state index < -0.39 is 13.6 Å². The Morgan fingerprint density at radius 2 is 2.09 bits per heavy atom. The van der Waals surface area contributed by atoms with Crippen LogP contribution in [0, 0.1) is 0 Å². The summed E-state index contributed by atoms with van der Waals surface area (Å²) in [5.74, 6) is -0.574. The molecule has 1 fully saturated rings. The second kappa shape index (κ2) is 3.34. The van der Waals surface area contributed by atoms with Crippen molar-refractivity contribution in [3.05, 3.63) is 0 Å². The van der Waals surface area contributed by atoms with Gasteiger partial charge in [-0.05, 0) is 0 Å². The molecule has 0 aromatic heterocycles. The van der Waals surface area contributed by atoms with E-state index in [0.717, 1.165) is 0 Å². The van der Waals surface area contributed by atoms with Crippen LogP contribution in [0.5, 0.6) is 0 Å². The second-order valence-electron chi connectivity index (χ2n) is 2.01. The predicted molar refractivity (Wildman–Crippen MR) is 36.4 cm³/mol. The lowest BCUT2D eigenvalue weighted by atomic mass is 10.8. The maximum Gasteiger partial charge on any atom is 0.341 e. The molecule has 64 valence electrons. The van der Waals surface area contributed by atoms with Gasteiger partial charge < -0.3 is 13.8 Å². The van der Waals surface area contributed by atoms with Crippen LogP contribution in [-0.2, 0) is 23.1 Å². The Morgan fingerprint density at radius 3 is 2.55 bits per heavy atom. The Labute approximate surface area is 64.2 Å². The highest BCUT2D eigenvalue weighted by molar-refractivity contribution is 7.55. The first-order valence-corrected chi connectivity index (χ1v) is 4.84. The summed E-state index contributed by atoms with van der Waals surface area (Å²) in [6.45, 7) is 0.572. The SMILES string of the molecule is COC(=O)CP1(=O)OCCO1. The Kier molecular flexibility index (Phi) is 2.65. The summed E-state index contributed by atoms with van der Waals surface area (Å²) in [5.41, 5.74) is 0. The molecule has 1 aliphatic heterocycles. The molecule has 0 aliphatic carbocycles. The van der Waals surface area contributed by atoms with Gasteiger partial charge in [0.1, 0.15) is 6.16 Å². The summed E-state index contributed by atoms with van der Waals surface area (Å²) in [4.78, 5) is 10.6. The van der Waals surface area contributed by atoms with Crippen LogP contribution in [0.1, 0.15) is 0 Å². The average molecular weight is 180 g/mol. The summed E-state index contributed by atoms with van der Waals surface area (Å²) >= 11 is 0. The fraction of sp³-hybridized carbons (Fsp3) is 0.800. The van der Waals surface area contributed by atoms with Crippen molar-refractivity contribution in [1.29, 1.82) is 0 Å². The molecule has 0 spiro atoms. The number of carbonyl (C=O) groups excluding carboxylic acids is 1. The van der Waals surface area contributed by atoms with Crippen LogP contribution in [-0.4, -0.2) is 32.5 Å². The molecule has 0 aromatic carbocycles. The molecule has 1 aliphatic rings. The summed E-state index contributed by atoms with van der Waals surface area (Å²) < 4.78 is 25.0. The van der Waals surface area contributed by atoms with Crippen LogP contribution in [0.15, 0.2) is 0 Å². The van der Waals surface area contributed by atoms with E-state index in [1.54, 1.807) is 0 Å². The van der Waals surface area contributed by atoms with Gasteiger partial charge in [-0.15, -0.1) is 0 Å². The van der Waals surface area contributed by atoms with Crippen molar-refractivity contribution in [2.75, 3.05) is 26.5 Å². The Hall–Kier alpha value is -0.380. The molecule has 0 saturated carbocycles. The minimum Gasteiger partial charge on any atom is -0.469 e. The number of carbonyl (C=O) groups is 1. The van der Waals surface area contributed by atoms with Gasteiger partial charge in [0.2, 0.25) is 0 Å². The van der Waals surface area contributed by atoms with Crippen molar-refractivity contribution in [1.82, 2.24) is 0 Å². The molecule has 0 atom stereocenters. The largest absolute Gasteiger partial charge is 0.469 e. The minimum atomic E-state index is -3.12. The maximum atomic E-state index is 11.2. The highest BCUT2D eigenvalue weighted by atomic mass is 31.2. The molecule has 1 saturated heterocycles. The fourth-order valence-corrected chi connectivity index (χ4v) is 2.11. The first-order chi connectivity index (χ1) is 5.16. The fourth-order valence-electron chi connectivity index (χ4n) is 0.704. The summed E-state index contributed by atoms with van der Waals surface area (Å²) in [6.07, 6.45) is -0.288. The Balaban J connectivity index is 2.47. The summed E-state index contributed by atoms with van der Waals surface area (Å²) in [6, 6.07) is 0. The zero-order valence-electron chi connectivity index (χ0n) is 6.11. The number of rotatable bonds is 2. The third kappa shape index (κ3) is 2.29. The van der Waals surface area contributed by atoms with Crippen molar-refractivity contribution in [3.63, 3.8) is 0 Å². The minimum absolute atomic E-state index is 0.286. The zero-order chi connectivity index (χ0) is 8.32. The Bertz CT molecular complexity index is 191. The maximum absolute atomic E-state index is 11.2. The van der Waals surface area contributed by atoms with Gasteiger partial charge in [0.15, 0.2) is 0 Å². The van der Waals surface area contributed by atoms with Crippen LogP contribution in [0.3, 0.4) is 0 Å². The van der Waals surface area contributed by atoms with Crippen LogP contribution in [0.25, 0.3) is 0 Å². The molecule has 0 bridgehead atoms. The predicted octanol–water partition coefficient (Wildman–Crippen LogP) is 0.399. The van der Waals surface area contributed by atoms with Crippen molar-refractivity contribution < 1.29 is 23.1 Å². The Morgan fingerprint density at radius 1 is 1.55 bits per heavy atom. The van der Waals surface area contributed by atoms with Crippen LogP contribution >= 0.6 is 7.60 Å². The first-order valence-electron chi connectivity index (χ1n) is 3.11.